The summed E-state index contributed by atoms with van der Waals surface area (Å²) in [5, 5.41) is 9.38. The Kier molecular flexibility index (Phi) is 5.92. The highest BCUT2D eigenvalue weighted by Crippen LogP contribution is 2.39. The van der Waals surface area contributed by atoms with Gasteiger partial charge in [0.25, 0.3) is 0 Å². The van der Waals surface area contributed by atoms with Crippen molar-refractivity contribution in [3.63, 3.8) is 0 Å². The molecule has 2 unspecified atom stereocenters. The molecule has 0 aliphatic carbocycles. The van der Waals surface area contributed by atoms with Crippen LogP contribution in [0.25, 0.3) is 0 Å². The summed E-state index contributed by atoms with van der Waals surface area (Å²) in [7, 11) is 0. The van der Waals surface area contributed by atoms with Crippen molar-refractivity contribution in [2.45, 2.75) is 37.8 Å². The molecule has 2 atom stereocenters. The van der Waals surface area contributed by atoms with Gasteiger partial charge in [0.05, 0.1) is 11.1 Å². The number of carbonyl (C=O) groups is 2. The summed E-state index contributed by atoms with van der Waals surface area (Å²) in [5.74, 6) is -1.11. The quantitative estimate of drug-likeness (QED) is 0.778. The summed E-state index contributed by atoms with van der Waals surface area (Å²) in [5.41, 5.74) is -1.79. The van der Waals surface area contributed by atoms with Crippen LogP contribution in [-0.2, 0) is 14.3 Å². The standard InChI is InChI=1S/C17H15ClF3NO5/c1-3-14(23)22(16(15(24)25)6-7-26-10(2)9-16)11-4-5-13(12(18)8-11)27-17(19,20)21/h1,4-5,8,10H,6-7,9H2,2H3,(H,24,25). The number of terminal acetylenes is 1. The molecule has 1 saturated heterocycles. The molecule has 10 heteroatoms. The fraction of sp³-hybridized carbons (Fsp3) is 0.412. The van der Waals surface area contributed by atoms with E-state index in [0.29, 0.717) is 0 Å². The highest BCUT2D eigenvalue weighted by molar-refractivity contribution is 6.32. The first-order valence-corrected chi connectivity index (χ1v) is 8.09. The largest absolute Gasteiger partial charge is 0.573 e. The number of carboxylic acid groups (broad SMARTS) is 1. The fourth-order valence-electron chi connectivity index (χ4n) is 3.02. The van der Waals surface area contributed by atoms with Crippen LogP contribution >= 0.6 is 11.6 Å². The number of carbonyl (C=O) groups excluding carboxylic acids is 1. The van der Waals surface area contributed by atoms with E-state index >= 15 is 0 Å². The van der Waals surface area contributed by atoms with Gasteiger partial charge in [0, 0.05) is 25.1 Å². The van der Waals surface area contributed by atoms with Gasteiger partial charge in [0.15, 0.2) is 5.54 Å². The van der Waals surface area contributed by atoms with E-state index in [1.54, 1.807) is 6.92 Å². The second kappa shape index (κ2) is 7.66. The number of halogens is 4. The Hall–Kier alpha value is -2.44. The van der Waals surface area contributed by atoms with Gasteiger partial charge in [-0.2, -0.15) is 0 Å². The Labute approximate surface area is 157 Å². The van der Waals surface area contributed by atoms with Crippen molar-refractivity contribution < 1.29 is 37.3 Å². The minimum Gasteiger partial charge on any atom is -0.479 e. The zero-order chi connectivity index (χ0) is 20.4. The molecule has 1 aliphatic rings. The van der Waals surface area contributed by atoms with Crippen LogP contribution < -0.4 is 9.64 Å². The van der Waals surface area contributed by atoms with Gasteiger partial charge in [-0.25, -0.2) is 4.79 Å². The maximum atomic E-state index is 12.4. The van der Waals surface area contributed by atoms with E-state index < -0.39 is 40.7 Å². The minimum atomic E-state index is -4.96. The maximum Gasteiger partial charge on any atom is 0.573 e. The van der Waals surface area contributed by atoms with Crippen molar-refractivity contribution in [3.8, 4) is 18.1 Å². The van der Waals surface area contributed by atoms with Crippen molar-refractivity contribution in [2.75, 3.05) is 11.5 Å². The second-order valence-electron chi connectivity index (χ2n) is 5.92. The number of hydrogen-bond donors (Lipinski definition) is 1. The molecule has 0 spiro atoms. The third kappa shape index (κ3) is 4.46. The number of nitrogens with zero attached hydrogens (tertiary/aromatic N) is 1. The van der Waals surface area contributed by atoms with Crippen molar-refractivity contribution in [2.24, 2.45) is 0 Å². The predicted molar refractivity (Wildman–Crippen MR) is 89.5 cm³/mol. The van der Waals surface area contributed by atoms with E-state index in [0.717, 1.165) is 23.1 Å². The highest BCUT2D eigenvalue weighted by atomic mass is 35.5. The van der Waals surface area contributed by atoms with Crippen LogP contribution in [0.15, 0.2) is 18.2 Å². The Balaban J connectivity index is 2.54. The zero-order valence-corrected chi connectivity index (χ0v) is 14.8. The molecule has 1 amide bonds. The Morgan fingerprint density at radius 1 is 1.48 bits per heavy atom. The minimum absolute atomic E-state index is 0.0570. The van der Waals surface area contributed by atoms with Gasteiger partial charge in [-0.1, -0.05) is 11.6 Å². The average Bonchev–Trinajstić information content (AvgIpc) is 2.56. The van der Waals surface area contributed by atoms with Crippen molar-refractivity contribution in [3.05, 3.63) is 23.2 Å². The van der Waals surface area contributed by atoms with Gasteiger partial charge in [0.2, 0.25) is 0 Å². The van der Waals surface area contributed by atoms with Gasteiger partial charge in [-0.05, 0) is 31.0 Å². The molecule has 0 aromatic heterocycles. The van der Waals surface area contributed by atoms with Crippen molar-refractivity contribution >= 4 is 29.2 Å². The highest BCUT2D eigenvalue weighted by Gasteiger charge is 2.50. The van der Waals surface area contributed by atoms with E-state index in [4.69, 9.17) is 22.8 Å². The third-order valence-electron chi connectivity index (χ3n) is 4.10. The molecule has 2 rings (SSSR count). The fourth-order valence-corrected chi connectivity index (χ4v) is 3.23. The van der Waals surface area contributed by atoms with Crippen LogP contribution in [0, 0.1) is 12.3 Å². The first-order valence-electron chi connectivity index (χ1n) is 7.71. The topological polar surface area (TPSA) is 76.1 Å². The van der Waals surface area contributed by atoms with E-state index in [1.165, 1.54) is 0 Å². The van der Waals surface area contributed by atoms with Gasteiger partial charge in [0.1, 0.15) is 5.75 Å². The van der Waals surface area contributed by atoms with Crippen LogP contribution in [0.1, 0.15) is 19.8 Å². The van der Waals surface area contributed by atoms with E-state index in [-0.39, 0.29) is 25.1 Å². The lowest BCUT2D eigenvalue weighted by Crippen LogP contribution is -2.61. The molecule has 0 saturated carbocycles. The summed E-state index contributed by atoms with van der Waals surface area (Å²) < 4.78 is 46.3. The van der Waals surface area contributed by atoms with Gasteiger partial charge in [-0.3, -0.25) is 9.69 Å². The number of rotatable bonds is 4. The molecule has 1 N–H and O–H groups in total. The van der Waals surface area contributed by atoms with E-state index in [1.807, 2.05) is 5.92 Å². The summed E-state index contributed by atoms with van der Waals surface area (Å²) >= 11 is 5.83. The smallest absolute Gasteiger partial charge is 0.479 e. The van der Waals surface area contributed by atoms with Gasteiger partial charge < -0.3 is 14.6 Å². The predicted octanol–water partition coefficient (Wildman–Crippen LogP) is 3.23. The number of ether oxygens (including phenoxy) is 2. The second-order valence-corrected chi connectivity index (χ2v) is 6.33. The van der Waals surface area contributed by atoms with Crippen molar-refractivity contribution in [1.29, 1.82) is 0 Å². The lowest BCUT2D eigenvalue weighted by atomic mass is 9.84. The molecule has 0 radical (unpaired) electrons. The molecule has 27 heavy (non-hydrogen) atoms. The molecule has 146 valence electrons. The number of alkyl halides is 3. The van der Waals surface area contributed by atoms with Crippen molar-refractivity contribution in [1.82, 2.24) is 0 Å². The summed E-state index contributed by atoms with van der Waals surface area (Å²) in [6.07, 6.45) is -0.369. The Morgan fingerprint density at radius 2 is 2.15 bits per heavy atom. The number of amides is 1. The number of benzene rings is 1. The molecule has 1 aromatic rings. The molecular formula is C17H15ClF3NO5. The number of carboxylic acids is 1. The molecular weight excluding hydrogens is 391 g/mol. The molecule has 1 heterocycles. The number of hydrogen-bond acceptors (Lipinski definition) is 4. The maximum absolute atomic E-state index is 12.4. The molecule has 6 nitrogen and oxygen atoms in total. The molecule has 1 fully saturated rings. The summed E-state index contributed by atoms with van der Waals surface area (Å²) in [4.78, 5) is 25.3. The first kappa shape index (κ1) is 20.9. The van der Waals surface area contributed by atoms with Crippen LogP contribution in [0.4, 0.5) is 18.9 Å². The van der Waals surface area contributed by atoms with Crippen LogP contribution in [0.5, 0.6) is 5.75 Å². The Bertz CT molecular complexity index is 792. The summed E-state index contributed by atoms with van der Waals surface area (Å²) in [6, 6.07) is 2.98. The SMILES string of the molecule is C#CC(=O)N(c1ccc(OC(F)(F)F)c(Cl)c1)C1(C(=O)O)CCOC(C)C1. The number of aliphatic carboxylic acids is 1. The van der Waals surface area contributed by atoms with Gasteiger partial charge >= 0.3 is 18.2 Å². The number of anilines is 1. The molecule has 0 bridgehead atoms. The lowest BCUT2D eigenvalue weighted by molar-refractivity contribution is -0.274. The monoisotopic (exact) mass is 405 g/mol. The van der Waals surface area contributed by atoms with Gasteiger partial charge in [-0.15, -0.1) is 19.6 Å². The molecule has 1 aliphatic heterocycles. The average molecular weight is 406 g/mol. The first-order chi connectivity index (χ1) is 12.5. The Morgan fingerprint density at radius 3 is 2.63 bits per heavy atom. The third-order valence-corrected chi connectivity index (χ3v) is 4.39. The zero-order valence-electron chi connectivity index (χ0n) is 14.0. The summed E-state index contributed by atoms with van der Waals surface area (Å²) in [6.45, 7) is 1.70. The van der Waals surface area contributed by atoms with E-state index in [2.05, 4.69) is 4.74 Å². The molecule has 1 aromatic carbocycles. The van der Waals surface area contributed by atoms with Crippen LogP contribution in [0.2, 0.25) is 5.02 Å². The van der Waals surface area contributed by atoms with Crippen LogP contribution in [0.3, 0.4) is 0 Å². The van der Waals surface area contributed by atoms with Crippen LogP contribution in [-0.4, -0.2) is 41.6 Å². The van der Waals surface area contributed by atoms with E-state index in [9.17, 15) is 27.9 Å². The normalized spacial score (nSPS) is 22.6. The lowest BCUT2D eigenvalue weighted by Gasteiger charge is -2.44.